The van der Waals surface area contributed by atoms with Crippen molar-refractivity contribution in [1.29, 1.82) is 0 Å². The largest absolute Gasteiger partial charge is 0.457 e. The van der Waals surface area contributed by atoms with Crippen LogP contribution in [0.3, 0.4) is 0 Å². The van der Waals surface area contributed by atoms with Crippen molar-refractivity contribution >= 4 is 23.2 Å². The van der Waals surface area contributed by atoms with Gasteiger partial charge in [-0.05, 0) is 19.1 Å². The fourth-order valence-electron chi connectivity index (χ4n) is 2.17. The van der Waals surface area contributed by atoms with Crippen molar-refractivity contribution in [2.24, 2.45) is 0 Å². The highest BCUT2D eigenvalue weighted by Crippen LogP contribution is 2.13. The number of nitro groups is 1. The number of nitro benzene ring substituents is 1. The number of esters is 1. The Kier molecular flexibility index (Phi) is 6.32. The molecule has 2 rings (SSSR count). The molecule has 0 aromatic heterocycles. The first-order valence-electron chi connectivity index (χ1n) is 7.90. The summed E-state index contributed by atoms with van der Waals surface area (Å²) in [7, 11) is 0. The Labute approximate surface area is 149 Å². The van der Waals surface area contributed by atoms with Crippen LogP contribution in [0.25, 0.3) is 0 Å². The normalized spacial score (nSPS) is 10.2. The lowest BCUT2D eigenvalue weighted by Crippen LogP contribution is -2.15. The van der Waals surface area contributed by atoms with E-state index in [0.717, 1.165) is 5.56 Å². The van der Waals surface area contributed by atoms with E-state index in [9.17, 15) is 24.5 Å². The second kappa shape index (κ2) is 8.66. The third-order valence-electron chi connectivity index (χ3n) is 3.69. The molecule has 0 amide bonds. The van der Waals surface area contributed by atoms with Crippen LogP contribution in [0.2, 0.25) is 0 Å². The Balaban J connectivity index is 1.79. The van der Waals surface area contributed by atoms with Gasteiger partial charge < -0.3 is 4.74 Å². The fourth-order valence-corrected chi connectivity index (χ4v) is 2.17. The summed E-state index contributed by atoms with van der Waals surface area (Å²) in [6.07, 6.45) is -0.131. The minimum atomic E-state index is -0.652. The van der Waals surface area contributed by atoms with Gasteiger partial charge in [0.15, 0.2) is 18.2 Å². The topological polar surface area (TPSA) is 104 Å². The van der Waals surface area contributed by atoms with Gasteiger partial charge in [0, 0.05) is 29.7 Å². The van der Waals surface area contributed by atoms with Gasteiger partial charge in [-0.25, -0.2) is 0 Å². The van der Waals surface area contributed by atoms with Crippen LogP contribution < -0.4 is 0 Å². The van der Waals surface area contributed by atoms with Gasteiger partial charge in [0.25, 0.3) is 5.69 Å². The number of Topliss-reactive ketones (excluding diaryl/α,β-unsaturated/α-hetero) is 2. The molecule has 7 nitrogen and oxygen atoms in total. The molecule has 26 heavy (non-hydrogen) atoms. The molecule has 0 radical (unpaired) electrons. The highest BCUT2D eigenvalue weighted by Gasteiger charge is 2.14. The lowest BCUT2D eigenvalue weighted by Gasteiger charge is -2.05. The summed E-state index contributed by atoms with van der Waals surface area (Å²) in [6.45, 7) is 1.43. The molecule has 2 aromatic carbocycles. The number of hydrogen-bond donors (Lipinski definition) is 0. The zero-order valence-electron chi connectivity index (χ0n) is 14.1. The zero-order valence-corrected chi connectivity index (χ0v) is 14.1. The number of ketones is 2. The van der Waals surface area contributed by atoms with Crippen molar-refractivity contribution in [2.75, 3.05) is 6.61 Å². The zero-order chi connectivity index (χ0) is 19.1. The number of aryl methyl sites for hydroxylation is 1. The van der Waals surface area contributed by atoms with Gasteiger partial charge in [-0.15, -0.1) is 0 Å². The van der Waals surface area contributed by atoms with Gasteiger partial charge >= 0.3 is 5.97 Å². The van der Waals surface area contributed by atoms with E-state index >= 15 is 0 Å². The molecule has 0 heterocycles. The quantitative estimate of drug-likeness (QED) is 0.311. The Hall–Kier alpha value is -3.35. The number of rotatable bonds is 8. The van der Waals surface area contributed by atoms with Crippen LogP contribution in [0.4, 0.5) is 5.69 Å². The Bertz CT molecular complexity index is 824. The molecule has 0 aliphatic rings. The molecule has 0 aliphatic carbocycles. The molecular weight excluding hydrogens is 338 g/mol. The molecule has 134 valence electrons. The molecule has 7 heteroatoms. The molecular formula is C19H17NO6. The molecule has 0 N–H and O–H groups in total. The lowest BCUT2D eigenvalue weighted by atomic mass is 10.1. The molecule has 0 atom stereocenters. The van der Waals surface area contributed by atoms with Crippen LogP contribution in [0.1, 0.15) is 39.1 Å². The van der Waals surface area contributed by atoms with E-state index in [1.54, 1.807) is 12.1 Å². The number of hydrogen-bond acceptors (Lipinski definition) is 6. The molecule has 0 aliphatic heterocycles. The summed E-state index contributed by atoms with van der Waals surface area (Å²) in [4.78, 5) is 45.6. The predicted molar refractivity (Wildman–Crippen MR) is 93.1 cm³/mol. The van der Waals surface area contributed by atoms with Crippen LogP contribution >= 0.6 is 0 Å². The summed E-state index contributed by atoms with van der Waals surface area (Å²) < 4.78 is 4.87. The first kappa shape index (κ1) is 19.0. The van der Waals surface area contributed by atoms with E-state index in [2.05, 4.69) is 0 Å². The van der Waals surface area contributed by atoms with E-state index in [4.69, 9.17) is 4.74 Å². The van der Waals surface area contributed by atoms with Crippen LogP contribution in [-0.4, -0.2) is 29.1 Å². The molecule has 0 fully saturated rings. The van der Waals surface area contributed by atoms with Gasteiger partial charge in [-0.1, -0.05) is 29.8 Å². The van der Waals surface area contributed by atoms with E-state index in [1.807, 2.05) is 19.1 Å². The van der Waals surface area contributed by atoms with E-state index in [-0.39, 0.29) is 29.9 Å². The maximum absolute atomic E-state index is 12.0. The van der Waals surface area contributed by atoms with Gasteiger partial charge in [-0.3, -0.25) is 24.5 Å². The van der Waals surface area contributed by atoms with Gasteiger partial charge in [-0.2, -0.15) is 0 Å². The average molecular weight is 355 g/mol. The number of carbonyl (C=O) groups is 3. The monoisotopic (exact) mass is 355 g/mol. The van der Waals surface area contributed by atoms with Crippen molar-refractivity contribution in [3.05, 3.63) is 75.3 Å². The third-order valence-corrected chi connectivity index (χ3v) is 3.69. The summed E-state index contributed by atoms with van der Waals surface area (Å²) in [5.41, 5.74) is 1.63. The Morgan fingerprint density at radius 2 is 1.42 bits per heavy atom. The number of benzene rings is 2. The highest BCUT2D eigenvalue weighted by molar-refractivity contribution is 5.99. The number of carbonyl (C=O) groups excluding carboxylic acids is 3. The maximum Gasteiger partial charge on any atom is 0.306 e. The van der Waals surface area contributed by atoms with Crippen LogP contribution in [0.15, 0.2) is 48.5 Å². The van der Waals surface area contributed by atoms with Crippen molar-refractivity contribution in [2.45, 2.75) is 19.8 Å². The smallest absolute Gasteiger partial charge is 0.306 e. The molecule has 0 saturated heterocycles. The third kappa shape index (κ3) is 5.34. The van der Waals surface area contributed by atoms with Crippen molar-refractivity contribution in [3.63, 3.8) is 0 Å². The predicted octanol–water partition coefficient (Wildman–Crippen LogP) is 3.29. The minimum Gasteiger partial charge on any atom is -0.457 e. The molecule has 2 aromatic rings. The standard InChI is InChI=1S/C19H17NO6/c1-13-2-4-14(5-3-13)17(21)10-11-19(23)26-12-18(22)15-6-8-16(9-7-15)20(24)25/h2-9H,10-12H2,1H3. The summed E-state index contributed by atoms with van der Waals surface area (Å²) in [5.74, 6) is -1.30. The van der Waals surface area contributed by atoms with Gasteiger partial charge in [0.2, 0.25) is 0 Å². The van der Waals surface area contributed by atoms with E-state index in [0.29, 0.717) is 5.56 Å². The summed E-state index contributed by atoms with van der Waals surface area (Å²) in [6, 6.07) is 12.0. The second-order valence-electron chi connectivity index (χ2n) is 5.68. The second-order valence-corrected chi connectivity index (χ2v) is 5.68. The molecule has 0 bridgehead atoms. The van der Waals surface area contributed by atoms with Crippen molar-refractivity contribution < 1.29 is 24.0 Å². The first-order chi connectivity index (χ1) is 12.4. The Morgan fingerprint density at radius 3 is 2.00 bits per heavy atom. The molecule has 0 saturated carbocycles. The summed E-state index contributed by atoms with van der Waals surface area (Å²) >= 11 is 0. The Morgan fingerprint density at radius 1 is 0.885 bits per heavy atom. The number of non-ortho nitro benzene ring substituents is 1. The maximum atomic E-state index is 12.0. The van der Waals surface area contributed by atoms with E-state index in [1.165, 1.54) is 24.3 Å². The van der Waals surface area contributed by atoms with E-state index < -0.39 is 23.3 Å². The van der Waals surface area contributed by atoms with Crippen molar-refractivity contribution in [1.82, 2.24) is 0 Å². The number of nitrogens with zero attached hydrogens (tertiary/aromatic N) is 1. The fraction of sp³-hybridized carbons (Fsp3) is 0.211. The lowest BCUT2D eigenvalue weighted by molar-refractivity contribution is -0.384. The highest BCUT2D eigenvalue weighted by atomic mass is 16.6. The molecule has 0 spiro atoms. The summed E-state index contributed by atoms with van der Waals surface area (Å²) in [5, 5.41) is 10.6. The molecule has 0 unspecified atom stereocenters. The van der Waals surface area contributed by atoms with Crippen molar-refractivity contribution in [3.8, 4) is 0 Å². The van der Waals surface area contributed by atoms with Crippen LogP contribution in [-0.2, 0) is 9.53 Å². The van der Waals surface area contributed by atoms with Gasteiger partial charge in [0.05, 0.1) is 11.3 Å². The van der Waals surface area contributed by atoms with Gasteiger partial charge in [0.1, 0.15) is 0 Å². The minimum absolute atomic E-state index is 0.00633. The average Bonchev–Trinajstić information content (AvgIpc) is 2.64. The SMILES string of the molecule is Cc1ccc(C(=O)CCC(=O)OCC(=O)c2ccc([N+](=O)[O-])cc2)cc1. The van der Waals surface area contributed by atoms with Crippen LogP contribution in [0, 0.1) is 17.0 Å². The first-order valence-corrected chi connectivity index (χ1v) is 7.90. The number of ether oxygens (including phenoxy) is 1. The van der Waals surface area contributed by atoms with Crippen LogP contribution in [0.5, 0.6) is 0 Å².